The van der Waals surface area contributed by atoms with Crippen LogP contribution in [0.1, 0.15) is 49.7 Å². The fourth-order valence-corrected chi connectivity index (χ4v) is 2.31. The van der Waals surface area contributed by atoms with Crippen molar-refractivity contribution in [3.8, 4) is 0 Å². The number of rotatable bonds is 6. The first-order valence-corrected chi connectivity index (χ1v) is 6.88. The minimum Gasteiger partial charge on any atom is -0.462 e. The number of aryl methyl sites for hydroxylation is 1. The van der Waals surface area contributed by atoms with Crippen LogP contribution < -0.4 is 5.32 Å². The fourth-order valence-electron chi connectivity index (χ4n) is 2.31. The van der Waals surface area contributed by atoms with Crippen LogP contribution in [0.2, 0.25) is 0 Å². The lowest BCUT2D eigenvalue weighted by atomic mass is 9.98. The van der Waals surface area contributed by atoms with Crippen LogP contribution in [0.5, 0.6) is 0 Å². The highest BCUT2D eigenvalue weighted by atomic mass is 16.5. The van der Waals surface area contributed by atoms with E-state index >= 15 is 0 Å². The van der Waals surface area contributed by atoms with E-state index in [0.717, 1.165) is 11.6 Å². The van der Waals surface area contributed by atoms with E-state index in [1.54, 1.807) is 10.9 Å². The van der Waals surface area contributed by atoms with Gasteiger partial charge in [0.05, 0.1) is 18.5 Å². The second-order valence-corrected chi connectivity index (χ2v) is 5.70. The number of carbonyl (C=O) groups is 1. The molecule has 1 heterocycles. The summed E-state index contributed by atoms with van der Waals surface area (Å²) in [6.45, 7) is 7.25. The first-order chi connectivity index (χ1) is 8.95. The topological polar surface area (TPSA) is 56.1 Å². The molecule has 1 aromatic rings. The lowest BCUT2D eigenvalue weighted by molar-refractivity contribution is 0.0524. The number of nitrogens with zero attached hydrogens (tertiary/aromatic N) is 2. The summed E-state index contributed by atoms with van der Waals surface area (Å²) in [6, 6.07) is 0. The average molecular weight is 265 g/mol. The Balaban J connectivity index is 2.06. The second kappa shape index (κ2) is 5.33. The van der Waals surface area contributed by atoms with E-state index in [4.69, 9.17) is 4.74 Å². The summed E-state index contributed by atoms with van der Waals surface area (Å²) >= 11 is 0. The summed E-state index contributed by atoms with van der Waals surface area (Å²) in [4.78, 5) is 11.8. The van der Waals surface area contributed by atoms with Crippen LogP contribution in [0.4, 0.5) is 0 Å². The molecule has 0 bridgehead atoms. The van der Waals surface area contributed by atoms with Gasteiger partial charge in [-0.05, 0) is 39.5 Å². The molecule has 1 aliphatic rings. The minimum absolute atomic E-state index is 0.107. The van der Waals surface area contributed by atoms with Gasteiger partial charge < -0.3 is 10.1 Å². The molecule has 1 aromatic heterocycles. The highest BCUT2D eigenvalue weighted by molar-refractivity contribution is 5.90. The number of hydrogen-bond acceptors (Lipinski definition) is 4. The summed E-state index contributed by atoms with van der Waals surface area (Å²) in [5, 5.41) is 7.69. The molecule has 1 N–H and O–H groups in total. The number of ether oxygens (including phenoxy) is 1. The molecule has 0 radical (unpaired) electrons. The van der Waals surface area contributed by atoms with Crippen LogP contribution >= 0.6 is 0 Å². The van der Waals surface area contributed by atoms with E-state index in [1.807, 2.05) is 14.0 Å². The van der Waals surface area contributed by atoms with Gasteiger partial charge in [-0.1, -0.05) is 0 Å². The smallest absolute Gasteiger partial charge is 0.341 e. The summed E-state index contributed by atoms with van der Waals surface area (Å²) in [5.41, 5.74) is 1.55. The molecule has 0 aliphatic heterocycles. The Morgan fingerprint density at radius 2 is 2.26 bits per heavy atom. The van der Waals surface area contributed by atoms with Gasteiger partial charge in [0.25, 0.3) is 0 Å². The highest BCUT2D eigenvalue weighted by Gasteiger charge is 2.37. The van der Waals surface area contributed by atoms with Crippen LogP contribution in [0.15, 0.2) is 6.20 Å². The highest BCUT2D eigenvalue weighted by Crippen LogP contribution is 2.39. The Morgan fingerprint density at radius 3 is 2.84 bits per heavy atom. The van der Waals surface area contributed by atoms with Crippen LogP contribution in [-0.4, -0.2) is 27.9 Å². The van der Waals surface area contributed by atoms with Gasteiger partial charge >= 0.3 is 5.97 Å². The molecule has 0 saturated heterocycles. The third kappa shape index (κ3) is 3.15. The molecule has 1 fully saturated rings. The van der Waals surface area contributed by atoms with Gasteiger partial charge in [-0.2, -0.15) is 5.10 Å². The van der Waals surface area contributed by atoms with E-state index in [2.05, 4.69) is 24.3 Å². The maximum atomic E-state index is 11.8. The van der Waals surface area contributed by atoms with Crippen LogP contribution in [-0.2, 0) is 18.3 Å². The summed E-state index contributed by atoms with van der Waals surface area (Å²) in [6.07, 6.45) is 4.16. The molecule has 0 amide bonds. The molecule has 1 aliphatic carbocycles. The van der Waals surface area contributed by atoms with E-state index in [1.165, 1.54) is 12.8 Å². The second-order valence-electron chi connectivity index (χ2n) is 5.70. The van der Waals surface area contributed by atoms with Crippen molar-refractivity contribution in [1.29, 1.82) is 0 Å². The molecule has 0 unspecified atom stereocenters. The largest absolute Gasteiger partial charge is 0.462 e. The van der Waals surface area contributed by atoms with Gasteiger partial charge in [0.1, 0.15) is 5.56 Å². The number of aromatic nitrogens is 2. The monoisotopic (exact) mass is 265 g/mol. The molecule has 5 heteroatoms. The molecular weight excluding hydrogens is 242 g/mol. The molecule has 5 nitrogen and oxygen atoms in total. The molecule has 0 atom stereocenters. The van der Waals surface area contributed by atoms with E-state index < -0.39 is 0 Å². The lowest BCUT2D eigenvalue weighted by Crippen LogP contribution is -2.41. The fraction of sp³-hybridized carbons (Fsp3) is 0.714. The van der Waals surface area contributed by atoms with Crippen molar-refractivity contribution >= 4 is 5.97 Å². The van der Waals surface area contributed by atoms with E-state index in [0.29, 0.717) is 18.7 Å². The number of esters is 1. The maximum absolute atomic E-state index is 11.8. The van der Waals surface area contributed by atoms with Crippen molar-refractivity contribution < 1.29 is 9.53 Å². The van der Waals surface area contributed by atoms with Crippen LogP contribution in [0, 0.1) is 5.92 Å². The lowest BCUT2D eigenvalue weighted by Gasteiger charge is -2.26. The molecule has 1 saturated carbocycles. The first-order valence-electron chi connectivity index (χ1n) is 6.88. The summed E-state index contributed by atoms with van der Waals surface area (Å²) < 4.78 is 6.79. The molecule has 19 heavy (non-hydrogen) atoms. The normalized spacial score (nSPS) is 15.6. The summed E-state index contributed by atoms with van der Waals surface area (Å²) in [5.74, 6) is 0.448. The molecular formula is C14H23N3O2. The standard InChI is InChI=1S/C14H23N3O2/c1-5-19-13(18)11-8-16-17(4)12(11)9-15-14(2,3)10-6-7-10/h8,10,15H,5-7,9H2,1-4H3. The van der Waals surface area contributed by atoms with Gasteiger partial charge in [-0.15, -0.1) is 0 Å². The molecule has 106 valence electrons. The van der Waals surface area contributed by atoms with Gasteiger partial charge in [-0.3, -0.25) is 4.68 Å². The molecule has 0 aromatic carbocycles. The minimum atomic E-state index is -0.295. The number of carbonyl (C=O) groups excluding carboxylic acids is 1. The van der Waals surface area contributed by atoms with E-state index in [9.17, 15) is 4.79 Å². The zero-order chi connectivity index (χ0) is 14.0. The average Bonchev–Trinajstić information content (AvgIpc) is 3.13. The predicted molar refractivity (Wildman–Crippen MR) is 72.8 cm³/mol. The van der Waals surface area contributed by atoms with Gasteiger partial charge in [-0.25, -0.2) is 4.79 Å². The maximum Gasteiger partial charge on any atom is 0.341 e. The Hall–Kier alpha value is -1.36. The van der Waals surface area contributed by atoms with Gasteiger partial charge in [0, 0.05) is 19.1 Å². The van der Waals surface area contributed by atoms with Crippen LogP contribution in [0.3, 0.4) is 0 Å². The van der Waals surface area contributed by atoms with Crippen molar-refractivity contribution in [3.63, 3.8) is 0 Å². The molecule has 2 rings (SSSR count). The third-order valence-electron chi connectivity index (χ3n) is 3.87. The first kappa shape index (κ1) is 14.1. The Labute approximate surface area is 114 Å². The van der Waals surface area contributed by atoms with Gasteiger partial charge in [0.2, 0.25) is 0 Å². The Bertz CT molecular complexity index is 461. The number of hydrogen-bond donors (Lipinski definition) is 1. The number of nitrogens with one attached hydrogen (secondary N) is 1. The van der Waals surface area contributed by atoms with Crippen molar-refractivity contribution in [3.05, 3.63) is 17.5 Å². The van der Waals surface area contributed by atoms with Crippen molar-refractivity contribution in [2.75, 3.05) is 6.61 Å². The Morgan fingerprint density at radius 1 is 1.58 bits per heavy atom. The Kier molecular flexibility index (Phi) is 3.94. The quantitative estimate of drug-likeness (QED) is 0.798. The zero-order valence-corrected chi connectivity index (χ0v) is 12.2. The third-order valence-corrected chi connectivity index (χ3v) is 3.87. The SMILES string of the molecule is CCOC(=O)c1cnn(C)c1CNC(C)(C)C1CC1. The molecule has 0 spiro atoms. The predicted octanol–water partition coefficient (Wildman–Crippen LogP) is 1.87. The van der Waals surface area contributed by atoms with Crippen molar-refractivity contribution in [2.45, 2.75) is 45.7 Å². The van der Waals surface area contributed by atoms with Crippen molar-refractivity contribution in [2.24, 2.45) is 13.0 Å². The van der Waals surface area contributed by atoms with Crippen LogP contribution in [0.25, 0.3) is 0 Å². The zero-order valence-electron chi connectivity index (χ0n) is 12.2. The van der Waals surface area contributed by atoms with Gasteiger partial charge in [0.15, 0.2) is 0 Å². The van der Waals surface area contributed by atoms with E-state index in [-0.39, 0.29) is 11.5 Å². The summed E-state index contributed by atoms with van der Waals surface area (Å²) in [7, 11) is 1.85. The van der Waals surface area contributed by atoms with Crippen molar-refractivity contribution in [1.82, 2.24) is 15.1 Å².